The van der Waals surface area contributed by atoms with Crippen LogP contribution in [-0.2, 0) is 16.0 Å². The number of nitrogens with zero attached hydrogens (tertiary/aromatic N) is 1. The Kier molecular flexibility index (Phi) is 6.57. The van der Waals surface area contributed by atoms with Gasteiger partial charge >= 0.3 is 0 Å². The number of aliphatic hydroxyl groups is 2. The van der Waals surface area contributed by atoms with Crippen molar-refractivity contribution >= 4 is 33.2 Å². The number of carbonyl (C=O) groups excluding carboxylic acids is 2. The number of hydrogen-bond acceptors (Lipinski definition) is 7. The molecule has 1 heterocycles. The van der Waals surface area contributed by atoms with Crippen molar-refractivity contribution in [1.82, 2.24) is 10.6 Å². The van der Waals surface area contributed by atoms with Gasteiger partial charge in [0.05, 0.1) is 12.5 Å². The number of nitroso groups, excluding NO2 is 1. The van der Waals surface area contributed by atoms with Crippen molar-refractivity contribution in [3.63, 3.8) is 0 Å². The van der Waals surface area contributed by atoms with Crippen LogP contribution in [0, 0.1) is 10.8 Å². The van der Waals surface area contributed by atoms with E-state index >= 15 is 0 Å². The molecule has 2 aromatic rings. The molecule has 1 aromatic carbocycles. The maximum Gasteiger partial charge on any atom is 0.239 e. The molecule has 4 N–H and O–H groups in total. The molecule has 0 aliphatic rings. The fraction of sp³-hybridized carbons (Fsp3) is 0.375. The van der Waals surface area contributed by atoms with E-state index in [2.05, 4.69) is 15.8 Å². The molecule has 0 bridgehead atoms. The lowest BCUT2D eigenvalue weighted by atomic mass is 9.92. The van der Waals surface area contributed by atoms with Crippen LogP contribution in [0.1, 0.15) is 5.56 Å². The predicted molar refractivity (Wildman–Crippen MR) is 93.9 cm³/mol. The summed E-state index contributed by atoms with van der Waals surface area (Å²) in [4.78, 5) is 34.2. The van der Waals surface area contributed by atoms with Crippen molar-refractivity contribution < 1.29 is 19.8 Å². The van der Waals surface area contributed by atoms with E-state index in [9.17, 15) is 24.7 Å². The summed E-state index contributed by atoms with van der Waals surface area (Å²) in [5.41, 5.74) is 0.804. The summed E-state index contributed by atoms with van der Waals surface area (Å²) in [5.74, 6) is -2.18. The van der Waals surface area contributed by atoms with Crippen LogP contribution in [0.15, 0.2) is 34.8 Å². The zero-order valence-corrected chi connectivity index (χ0v) is 14.3. The third-order valence-corrected chi connectivity index (χ3v) is 4.88. The summed E-state index contributed by atoms with van der Waals surface area (Å²) in [6.45, 7) is -0.270. The lowest BCUT2D eigenvalue weighted by Crippen LogP contribution is -2.46. The van der Waals surface area contributed by atoms with Gasteiger partial charge in [0.1, 0.15) is 6.10 Å². The highest BCUT2D eigenvalue weighted by Crippen LogP contribution is 2.29. The molecule has 0 radical (unpaired) electrons. The number of carbonyl (C=O) groups is 2. The summed E-state index contributed by atoms with van der Waals surface area (Å²) < 4.78 is 1.02. The second-order valence-electron chi connectivity index (χ2n) is 5.47. The van der Waals surface area contributed by atoms with Crippen molar-refractivity contribution in [3.8, 4) is 0 Å². The molecule has 25 heavy (non-hydrogen) atoms. The second kappa shape index (κ2) is 8.65. The number of nitrogens with one attached hydrogen (secondary N) is 2. The van der Waals surface area contributed by atoms with E-state index < -0.39 is 30.1 Å². The molecule has 8 nitrogen and oxygen atoms in total. The maximum absolute atomic E-state index is 12.4. The number of benzene rings is 1. The Bertz CT molecular complexity index is 763. The highest BCUT2D eigenvalue weighted by molar-refractivity contribution is 7.17. The smallest absolute Gasteiger partial charge is 0.239 e. The third kappa shape index (κ3) is 4.59. The first-order valence-corrected chi connectivity index (χ1v) is 8.48. The first kappa shape index (κ1) is 19.0. The van der Waals surface area contributed by atoms with Crippen molar-refractivity contribution in [1.29, 1.82) is 0 Å². The van der Waals surface area contributed by atoms with Gasteiger partial charge < -0.3 is 20.8 Å². The Morgan fingerprint density at radius 3 is 2.68 bits per heavy atom. The second-order valence-corrected chi connectivity index (χ2v) is 6.38. The molecule has 0 aliphatic carbocycles. The summed E-state index contributed by atoms with van der Waals surface area (Å²) in [6.07, 6.45) is -3.52. The number of thiophene rings is 1. The summed E-state index contributed by atoms with van der Waals surface area (Å²) >= 11 is 1.49. The molecule has 0 spiro atoms. The number of hydrogen-bond donors (Lipinski definition) is 4. The van der Waals surface area contributed by atoms with Crippen LogP contribution < -0.4 is 10.6 Å². The molecule has 2 rings (SSSR count). The van der Waals surface area contributed by atoms with E-state index in [0.29, 0.717) is 0 Å². The zero-order chi connectivity index (χ0) is 18.4. The quantitative estimate of drug-likeness (QED) is 0.503. The van der Waals surface area contributed by atoms with Gasteiger partial charge in [0, 0.05) is 11.7 Å². The fourth-order valence-corrected chi connectivity index (χ4v) is 3.43. The first-order chi connectivity index (χ1) is 12.0. The minimum absolute atomic E-state index is 0.0946. The van der Waals surface area contributed by atoms with E-state index in [1.165, 1.54) is 18.4 Å². The van der Waals surface area contributed by atoms with Crippen molar-refractivity contribution in [3.05, 3.63) is 40.1 Å². The molecule has 2 amide bonds. The minimum Gasteiger partial charge on any atom is -0.387 e. The van der Waals surface area contributed by atoms with Crippen LogP contribution in [-0.4, -0.2) is 48.0 Å². The minimum atomic E-state index is -1.93. The normalized spacial score (nSPS) is 14.5. The molecule has 1 aromatic heterocycles. The van der Waals surface area contributed by atoms with Gasteiger partial charge in [-0.1, -0.05) is 18.2 Å². The molecule has 0 fully saturated rings. The Balaban J connectivity index is 2.23. The van der Waals surface area contributed by atoms with Crippen molar-refractivity contribution in [2.24, 2.45) is 11.1 Å². The Morgan fingerprint density at radius 1 is 1.28 bits per heavy atom. The summed E-state index contributed by atoms with van der Waals surface area (Å²) in [6, 6.07) is 7.58. The van der Waals surface area contributed by atoms with E-state index in [1.54, 1.807) is 0 Å². The average Bonchev–Trinajstić information content (AvgIpc) is 3.05. The van der Waals surface area contributed by atoms with E-state index in [1.807, 2.05) is 29.6 Å². The van der Waals surface area contributed by atoms with E-state index in [4.69, 9.17) is 0 Å². The van der Waals surface area contributed by atoms with E-state index in [0.717, 1.165) is 15.6 Å². The molecular formula is C16H19N3O5S. The number of fused-ring (bicyclic) bond motifs is 1. The van der Waals surface area contributed by atoms with Gasteiger partial charge in [-0.25, -0.2) is 0 Å². The molecular weight excluding hydrogens is 346 g/mol. The standard InChI is InChI=1S/C16H19N3O5S/c1-17-13(20)7-18-15(22)11(14(21)16(23)19-24)6-9-8-25-12-5-3-2-4-10(9)12/h2-5,8,11,14,16,21,23H,6-7H2,1H3,(H,17,20)(H,18,22)/t11-,14+,16?/m1/s1. The van der Waals surface area contributed by atoms with Gasteiger partial charge in [0.25, 0.3) is 0 Å². The fourth-order valence-electron chi connectivity index (χ4n) is 2.45. The van der Waals surface area contributed by atoms with Crippen LogP contribution in [0.3, 0.4) is 0 Å². The van der Waals surface area contributed by atoms with Crippen LogP contribution in [0.5, 0.6) is 0 Å². The highest BCUT2D eigenvalue weighted by atomic mass is 32.1. The van der Waals surface area contributed by atoms with Gasteiger partial charge in [-0.2, -0.15) is 0 Å². The molecule has 9 heteroatoms. The monoisotopic (exact) mass is 365 g/mol. The van der Waals surface area contributed by atoms with Gasteiger partial charge in [-0.3, -0.25) is 9.59 Å². The lowest BCUT2D eigenvalue weighted by molar-refractivity contribution is -0.133. The van der Waals surface area contributed by atoms with Gasteiger partial charge in [0.2, 0.25) is 18.0 Å². The molecule has 3 atom stereocenters. The summed E-state index contributed by atoms with van der Waals surface area (Å²) in [7, 11) is 1.43. The Morgan fingerprint density at radius 2 is 2.00 bits per heavy atom. The van der Waals surface area contributed by atoms with E-state index in [-0.39, 0.29) is 13.0 Å². The topological polar surface area (TPSA) is 128 Å². The molecule has 0 saturated heterocycles. The SMILES string of the molecule is CNC(=O)CNC(=O)[C@H](Cc1csc2ccccc12)[C@H](O)C(O)N=O. The Hall–Kier alpha value is -2.36. The number of aliphatic hydroxyl groups excluding tert-OH is 2. The number of likely N-dealkylation sites (N-methyl/N-ethyl adjacent to an activating group) is 1. The molecule has 1 unspecified atom stereocenters. The van der Waals surface area contributed by atoms with Crippen LogP contribution >= 0.6 is 11.3 Å². The predicted octanol–water partition coefficient (Wildman–Crippen LogP) is 0.368. The van der Waals surface area contributed by atoms with Gasteiger partial charge in [-0.15, -0.1) is 16.2 Å². The maximum atomic E-state index is 12.4. The van der Waals surface area contributed by atoms with Crippen LogP contribution in [0.25, 0.3) is 10.1 Å². The lowest BCUT2D eigenvalue weighted by Gasteiger charge is -2.22. The zero-order valence-electron chi connectivity index (χ0n) is 13.5. The Labute approximate surface area is 147 Å². The average molecular weight is 365 g/mol. The van der Waals surface area contributed by atoms with Crippen molar-refractivity contribution in [2.75, 3.05) is 13.6 Å². The summed E-state index contributed by atoms with van der Waals surface area (Å²) in [5, 5.41) is 29.6. The van der Waals surface area contributed by atoms with Crippen LogP contribution in [0.2, 0.25) is 0 Å². The van der Waals surface area contributed by atoms with Crippen LogP contribution in [0.4, 0.5) is 0 Å². The van der Waals surface area contributed by atoms with Crippen molar-refractivity contribution in [2.45, 2.75) is 18.8 Å². The van der Waals surface area contributed by atoms with Gasteiger partial charge in [-0.05, 0) is 34.0 Å². The molecule has 0 aliphatic heterocycles. The third-order valence-electron chi connectivity index (χ3n) is 3.87. The first-order valence-electron chi connectivity index (χ1n) is 7.60. The molecule has 0 saturated carbocycles. The van der Waals surface area contributed by atoms with Gasteiger partial charge in [0.15, 0.2) is 0 Å². The molecule has 134 valence electrons. The highest BCUT2D eigenvalue weighted by Gasteiger charge is 2.33. The number of amides is 2. The largest absolute Gasteiger partial charge is 0.387 e. The number of rotatable bonds is 8.